The summed E-state index contributed by atoms with van der Waals surface area (Å²) >= 11 is 0. The Balaban J connectivity index is 0. The van der Waals surface area contributed by atoms with E-state index < -0.39 is 22.3 Å². The molecule has 0 aliphatic rings. The van der Waals surface area contributed by atoms with Gasteiger partial charge in [0.1, 0.15) is 5.54 Å². The van der Waals surface area contributed by atoms with Crippen molar-refractivity contribution >= 4 is 22.6 Å². The maximum Gasteiger partial charge on any atom is 0.324 e. The third kappa shape index (κ3) is 7.36. The lowest BCUT2D eigenvalue weighted by molar-refractivity contribution is -0.141. The van der Waals surface area contributed by atoms with Gasteiger partial charge in [-0.25, -0.2) is 0 Å². The van der Waals surface area contributed by atoms with Crippen molar-refractivity contribution in [3.05, 3.63) is 0 Å². The molecule has 7 heteroatoms. The van der Waals surface area contributed by atoms with Crippen molar-refractivity contribution in [1.29, 1.82) is 0 Å². The number of aliphatic imine (C=N–C) groups is 1. The van der Waals surface area contributed by atoms with Crippen LogP contribution in [0.25, 0.3) is 0 Å². The predicted octanol–water partition coefficient (Wildman–Crippen LogP) is -0.450. The molecule has 0 spiro atoms. The number of carboxylic acids is 1. The van der Waals surface area contributed by atoms with E-state index in [1.54, 1.807) is 6.92 Å². The molecule has 0 aliphatic carbocycles. The third-order valence-corrected chi connectivity index (χ3v) is 3.19. The van der Waals surface area contributed by atoms with E-state index in [1.165, 1.54) is 6.92 Å². The number of hydrogen-bond donors (Lipinski definition) is 3. The second-order valence-corrected chi connectivity index (χ2v) is 5.11. The van der Waals surface area contributed by atoms with E-state index in [9.17, 15) is 9.00 Å². The highest BCUT2D eigenvalue weighted by Gasteiger charge is 2.29. The Bertz CT molecular complexity index is 286. The Kier molecular flexibility index (Phi) is 8.01. The standard InChI is InChI=1S/C8H17N3O3S.CH4/c1-6(9)11-3-4-15(14)5-8(2,10)7(12)13;/h3-5,10H2,1-2H3,(H2,9,11)(H,12,13);1H4. The maximum atomic E-state index is 11.4. The summed E-state index contributed by atoms with van der Waals surface area (Å²) in [5.74, 6) is -0.550. The van der Waals surface area contributed by atoms with Crippen LogP contribution in [0.15, 0.2) is 4.99 Å². The molecular formula is C9H21N3O3S. The van der Waals surface area contributed by atoms with Gasteiger partial charge in [0.25, 0.3) is 0 Å². The Labute approximate surface area is 98.6 Å². The Hall–Kier alpha value is -0.950. The smallest absolute Gasteiger partial charge is 0.324 e. The van der Waals surface area contributed by atoms with E-state index in [4.69, 9.17) is 16.6 Å². The number of aliphatic carboxylic acids is 1. The van der Waals surface area contributed by atoms with E-state index in [0.717, 1.165) is 0 Å². The van der Waals surface area contributed by atoms with Crippen molar-refractivity contribution in [2.24, 2.45) is 16.5 Å². The molecule has 0 radical (unpaired) electrons. The zero-order valence-corrected chi connectivity index (χ0v) is 9.71. The van der Waals surface area contributed by atoms with Gasteiger partial charge in [-0.3, -0.25) is 14.0 Å². The number of rotatable bonds is 6. The molecule has 0 saturated heterocycles. The number of hydrogen-bond acceptors (Lipinski definition) is 4. The first-order valence-corrected chi connectivity index (χ1v) is 5.88. The highest BCUT2D eigenvalue weighted by Crippen LogP contribution is 2.02. The van der Waals surface area contributed by atoms with Crippen molar-refractivity contribution in [3.8, 4) is 0 Å². The fourth-order valence-electron chi connectivity index (χ4n) is 0.792. The molecule has 0 rings (SSSR count). The fraction of sp³-hybridized carbons (Fsp3) is 0.778. The van der Waals surface area contributed by atoms with Crippen LogP contribution in [0.4, 0.5) is 0 Å². The first-order chi connectivity index (χ1) is 6.75. The SMILES string of the molecule is C.CC(N)=NCCS(=O)CC(C)(N)C(=O)O. The molecule has 2 atom stereocenters. The van der Waals surface area contributed by atoms with Gasteiger partial charge < -0.3 is 16.6 Å². The molecule has 0 aromatic carbocycles. The third-order valence-electron chi connectivity index (χ3n) is 1.63. The van der Waals surface area contributed by atoms with Gasteiger partial charge in [-0.15, -0.1) is 0 Å². The maximum absolute atomic E-state index is 11.4. The van der Waals surface area contributed by atoms with Crippen molar-refractivity contribution in [3.63, 3.8) is 0 Å². The Morgan fingerprint density at radius 3 is 2.44 bits per heavy atom. The summed E-state index contributed by atoms with van der Waals surface area (Å²) in [5.41, 5.74) is 9.27. The summed E-state index contributed by atoms with van der Waals surface area (Å²) in [7, 11) is -1.29. The highest BCUT2D eigenvalue weighted by atomic mass is 32.2. The molecule has 0 aromatic rings. The minimum atomic E-state index is -1.45. The van der Waals surface area contributed by atoms with Crippen LogP contribution in [0, 0.1) is 0 Å². The van der Waals surface area contributed by atoms with Crippen LogP contribution in [0.5, 0.6) is 0 Å². The number of nitrogens with two attached hydrogens (primary N) is 2. The van der Waals surface area contributed by atoms with E-state index in [1.807, 2.05) is 0 Å². The predicted molar refractivity (Wildman–Crippen MR) is 67.0 cm³/mol. The van der Waals surface area contributed by atoms with Gasteiger partial charge >= 0.3 is 5.97 Å². The molecule has 0 amide bonds. The number of carbonyl (C=O) groups is 1. The molecule has 5 N–H and O–H groups in total. The topological polar surface area (TPSA) is 119 Å². The highest BCUT2D eigenvalue weighted by molar-refractivity contribution is 7.85. The average molecular weight is 251 g/mol. The summed E-state index contributed by atoms with van der Waals surface area (Å²) < 4.78 is 11.4. The molecular weight excluding hydrogens is 230 g/mol. The molecule has 2 unspecified atom stereocenters. The van der Waals surface area contributed by atoms with Gasteiger partial charge in [0.2, 0.25) is 0 Å². The molecule has 96 valence electrons. The number of carboxylic acid groups (broad SMARTS) is 1. The van der Waals surface area contributed by atoms with Crippen LogP contribution in [-0.4, -0.2) is 44.7 Å². The van der Waals surface area contributed by atoms with Gasteiger partial charge in [0.15, 0.2) is 0 Å². The van der Waals surface area contributed by atoms with Crippen molar-refractivity contribution < 1.29 is 14.1 Å². The molecule has 0 heterocycles. The largest absolute Gasteiger partial charge is 0.480 e. The second kappa shape index (κ2) is 7.34. The summed E-state index contributed by atoms with van der Waals surface area (Å²) in [5, 5.41) is 8.70. The minimum absolute atomic E-state index is 0. The second-order valence-electron chi connectivity index (χ2n) is 3.53. The zero-order chi connectivity index (χ0) is 12.1. The first kappa shape index (κ1) is 17.4. The lowest BCUT2D eigenvalue weighted by Crippen LogP contribution is -2.49. The van der Waals surface area contributed by atoms with Crippen LogP contribution < -0.4 is 11.5 Å². The number of nitrogens with zero attached hydrogens (tertiary/aromatic N) is 1. The van der Waals surface area contributed by atoms with E-state index in [0.29, 0.717) is 12.4 Å². The van der Waals surface area contributed by atoms with Crippen LogP contribution in [0.3, 0.4) is 0 Å². The van der Waals surface area contributed by atoms with Crippen molar-refractivity contribution in [2.45, 2.75) is 26.8 Å². The van der Waals surface area contributed by atoms with Crippen LogP contribution in [0.2, 0.25) is 0 Å². The van der Waals surface area contributed by atoms with Crippen molar-refractivity contribution in [1.82, 2.24) is 0 Å². The zero-order valence-electron chi connectivity index (χ0n) is 8.90. The Morgan fingerprint density at radius 1 is 1.56 bits per heavy atom. The molecule has 0 aromatic heterocycles. The van der Waals surface area contributed by atoms with Gasteiger partial charge in [-0.1, -0.05) is 7.43 Å². The average Bonchev–Trinajstić information content (AvgIpc) is 2.01. The molecule has 0 aliphatic heterocycles. The molecule has 0 saturated carbocycles. The summed E-state index contributed by atoms with van der Waals surface area (Å²) in [6.45, 7) is 3.29. The number of amidine groups is 1. The molecule has 6 nitrogen and oxygen atoms in total. The summed E-state index contributed by atoms with van der Waals surface area (Å²) in [4.78, 5) is 14.5. The summed E-state index contributed by atoms with van der Waals surface area (Å²) in [6, 6.07) is 0. The van der Waals surface area contributed by atoms with Gasteiger partial charge in [0.05, 0.1) is 18.1 Å². The van der Waals surface area contributed by atoms with Crippen LogP contribution in [-0.2, 0) is 15.6 Å². The molecule has 0 fully saturated rings. The van der Waals surface area contributed by atoms with Gasteiger partial charge in [0, 0.05) is 16.6 Å². The fourth-order valence-corrected chi connectivity index (χ4v) is 2.02. The monoisotopic (exact) mass is 251 g/mol. The van der Waals surface area contributed by atoms with Crippen molar-refractivity contribution in [2.75, 3.05) is 18.1 Å². The first-order valence-electron chi connectivity index (χ1n) is 4.39. The quantitative estimate of drug-likeness (QED) is 0.436. The minimum Gasteiger partial charge on any atom is -0.480 e. The summed E-state index contributed by atoms with van der Waals surface area (Å²) in [6.07, 6.45) is 0. The van der Waals surface area contributed by atoms with Gasteiger partial charge in [-0.05, 0) is 13.8 Å². The van der Waals surface area contributed by atoms with E-state index >= 15 is 0 Å². The lowest BCUT2D eigenvalue weighted by atomic mass is 10.1. The van der Waals surface area contributed by atoms with Crippen LogP contribution in [0.1, 0.15) is 21.3 Å². The normalized spacial score (nSPS) is 17.1. The Morgan fingerprint density at radius 2 is 2.06 bits per heavy atom. The molecule has 16 heavy (non-hydrogen) atoms. The van der Waals surface area contributed by atoms with Crippen LogP contribution >= 0.6 is 0 Å². The van der Waals surface area contributed by atoms with Gasteiger partial charge in [-0.2, -0.15) is 0 Å². The molecule has 0 bridgehead atoms. The van der Waals surface area contributed by atoms with E-state index in [-0.39, 0.29) is 18.9 Å². The van der Waals surface area contributed by atoms with E-state index in [2.05, 4.69) is 4.99 Å². The lowest BCUT2D eigenvalue weighted by Gasteiger charge is -2.17.